The summed E-state index contributed by atoms with van der Waals surface area (Å²) >= 11 is 0. The number of hydrogen-bond donors (Lipinski definition) is 1. The normalized spacial score (nSPS) is 11.7. The van der Waals surface area contributed by atoms with Gasteiger partial charge in [0.2, 0.25) is 26.9 Å². The van der Waals surface area contributed by atoms with Crippen LogP contribution in [-0.2, 0) is 22.1 Å². The van der Waals surface area contributed by atoms with Crippen molar-refractivity contribution < 1.29 is 8.42 Å². The highest BCUT2D eigenvalue weighted by molar-refractivity contribution is 7.90. The molecule has 30 heavy (non-hydrogen) atoms. The molecule has 2 aromatic heterocycles. The maximum atomic E-state index is 13.3. The van der Waals surface area contributed by atoms with E-state index in [2.05, 4.69) is 19.9 Å². The number of nitrogens with two attached hydrogens (primary N) is 1. The molecule has 0 saturated heterocycles. The van der Waals surface area contributed by atoms with Gasteiger partial charge < -0.3 is 15.2 Å². The highest BCUT2D eigenvalue weighted by Crippen LogP contribution is 2.23. The maximum absolute atomic E-state index is 13.3. The molecule has 154 valence electrons. The predicted molar refractivity (Wildman–Crippen MR) is 115 cm³/mol. The number of fused-ring (bicyclic) bond motifs is 1. The summed E-state index contributed by atoms with van der Waals surface area (Å²) in [6, 6.07) is 16.3. The van der Waals surface area contributed by atoms with Crippen molar-refractivity contribution in [3.05, 3.63) is 66.0 Å². The average molecular weight is 424 g/mol. The standard InChI is InChI=1S/C20H21N7O2S/c1-26(2)19-24-17(23-18(21)25-19)12-27-16-11-7-6-10-15(16)22-20(27)30(28,29)13-14-8-4-3-5-9-14/h3-11H,12-13H2,1-2H3,(H2,21,23,24,25). The van der Waals surface area contributed by atoms with Crippen molar-refractivity contribution in [2.45, 2.75) is 17.5 Å². The van der Waals surface area contributed by atoms with Gasteiger partial charge in [0.15, 0.2) is 5.82 Å². The van der Waals surface area contributed by atoms with E-state index in [1.165, 1.54) is 0 Å². The lowest BCUT2D eigenvalue weighted by molar-refractivity contribution is 0.571. The van der Waals surface area contributed by atoms with E-state index < -0.39 is 9.84 Å². The SMILES string of the molecule is CN(C)c1nc(N)nc(Cn2c(S(=O)(=O)Cc3ccccc3)nc3ccccc32)n1. The minimum Gasteiger partial charge on any atom is -0.368 e. The van der Waals surface area contributed by atoms with Gasteiger partial charge in [0, 0.05) is 14.1 Å². The molecular formula is C20H21N7O2S. The molecule has 2 N–H and O–H groups in total. The summed E-state index contributed by atoms with van der Waals surface area (Å²) in [4.78, 5) is 18.8. The highest BCUT2D eigenvalue weighted by Gasteiger charge is 2.25. The first-order chi connectivity index (χ1) is 14.3. The Morgan fingerprint density at radius 2 is 1.63 bits per heavy atom. The summed E-state index contributed by atoms with van der Waals surface area (Å²) < 4.78 is 28.1. The van der Waals surface area contributed by atoms with E-state index in [0.29, 0.717) is 28.4 Å². The summed E-state index contributed by atoms with van der Waals surface area (Å²) in [6.45, 7) is 0.0947. The average Bonchev–Trinajstić information content (AvgIpc) is 3.07. The molecule has 0 atom stereocenters. The fourth-order valence-corrected chi connectivity index (χ4v) is 4.64. The van der Waals surface area contributed by atoms with Gasteiger partial charge in [-0.1, -0.05) is 42.5 Å². The van der Waals surface area contributed by atoms with Crippen LogP contribution in [0.1, 0.15) is 11.4 Å². The van der Waals surface area contributed by atoms with Crippen molar-refractivity contribution in [1.82, 2.24) is 24.5 Å². The third kappa shape index (κ3) is 3.94. The zero-order valence-corrected chi connectivity index (χ0v) is 17.4. The lowest BCUT2D eigenvalue weighted by atomic mass is 10.2. The van der Waals surface area contributed by atoms with E-state index in [0.717, 1.165) is 0 Å². The second-order valence-corrected chi connectivity index (χ2v) is 8.90. The Morgan fingerprint density at radius 1 is 0.933 bits per heavy atom. The number of hydrogen-bond acceptors (Lipinski definition) is 8. The largest absolute Gasteiger partial charge is 0.368 e. The monoisotopic (exact) mass is 423 g/mol. The van der Waals surface area contributed by atoms with Crippen LogP contribution in [0, 0.1) is 0 Å². The molecule has 0 radical (unpaired) electrons. The molecule has 4 rings (SSSR count). The van der Waals surface area contributed by atoms with Gasteiger partial charge in [-0.05, 0) is 17.7 Å². The molecule has 0 saturated carbocycles. The number of nitrogens with zero attached hydrogens (tertiary/aromatic N) is 6. The van der Waals surface area contributed by atoms with Crippen LogP contribution in [0.15, 0.2) is 59.8 Å². The van der Waals surface area contributed by atoms with Crippen molar-refractivity contribution in [3.63, 3.8) is 0 Å². The minimum atomic E-state index is -3.72. The molecule has 2 heterocycles. The fourth-order valence-electron chi connectivity index (χ4n) is 3.14. The van der Waals surface area contributed by atoms with Crippen molar-refractivity contribution in [2.75, 3.05) is 24.7 Å². The molecule has 0 unspecified atom stereocenters. The molecule has 0 aliphatic carbocycles. The van der Waals surface area contributed by atoms with Crippen LogP contribution in [0.25, 0.3) is 11.0 Å². The summed E-state index contributed by atoms with van der Waals surface area (Å²) in [5, 5.41) is -0.0297. The number of para-hydroxylation sites is 2. The van der Waals surface area contributed by atoms with Gasteiger partial charge >= 0.3 is 0 Å². The second kappa shape index (κ2) is 7.71. The Morgan fingerprint density at radius 3 is 2.37 bits per heavy atom. The zero-order chi connectivity index (χ0) is 21.3. The molecular weight excluding hydrogens is 402 g/mol. The number of sulfone groups is 1. The van der Waals surface area contributed by atoms with E-state index >= 15 is 0 Å². The number of imidazole rings is 1. The third-order valence-electron chi connectivity index (χ3n) is 4.48. The van der Waals surface area contributed by atoms with Gasteiger partial charge in [-0.25, -0.2) is 13.4 Å². The van der Waals surface area contributed by atoms with Crippen molar-refractivity contribution in [3.8, 4) is 0 Å². The summed E-state index contributed by atoms with van der Waals surface area (Å²) in [7, 11) is -0.138. The third-order valence-corrected chi connectivity index (χ3v) is 6.07. The summed E-state index contributed by atoms with van der Waals surface area (Å²) in [6.07, 6.45) is 0. The Balaban J connectivity index is 1.82. The van der Waals surface area contributed by atoms with Crippen molar-refractivity contribution >= 4 is 32.8 Å². The molecule has 0 bridgehead atoms. The Bertz CT molecular complexity index is 1300. The molecule has 0 aliphatic rings. The molecule has 0 amide bonds. The van der Waals surface area contributed by atoms with Gasteiger partial charge in [-0.2, -0.15) is 15.0 Å². The van der Waals surface area contributed by atoms with Crippen LogP contribution in [0.2, 0.25) is 0 Å². The van der Waals surface area contributed by atoms with Crippen LogP contribution in [0.4, 0.5) is 11.9 Å². The first-order valence-electron chi connectivity index (χ1n) is 9.23. The van der Waals surface area contributed by atoms with Crippen LogP contribution in [-0.4, -0.2) is 47.0 Å². The van der Waals surface area contributed by atoms with Gasteiger partial charge in [-0.15, -0.1) is 0 Å². The van der Waals surface area contributed by atoms with E-state index in [1.807, 2.05) is 36.4 Å². The molecule has 4 aromatic rings. The molecule has 0 fully saturated rings. The zero-order valence-electron chi connectivity index (χ0n) is 16.6. The maximum Gasteiger partial charge on any atom is 0.229 e. The number of rotatable bonds is 6. The summed E-state index contributed by atoms with van der Waals surface area (Å²) in [5.74, 6) is 0.669. The number of nitrogen functional groups attached to an aromatic ring is 1. The lowest BCUT2D eigenvalue weighted by Gasteiger charge is -2.13. The van der Waals surface area contributed by atoms with Gasteiger partial charge in [-0.3, -0.25) is 0 Å². The van der Waals surface area contributed by atoms with E-state index in [1.54, 1.807) is 41.8 Å². The predicted octanol–water partition coefficient (Wildman–Crippen LogP) is 1.89. The molecule has 9 nitrogen and oxygen atoms in total. The Hall–Kier alpha value is -3.53. The molecule has 10 heteroatoms. The quantitative estimate of drug-likeness (QED) is 0.499. The topological polar surface area (TPSA) is 120 Å². The first kappa shape index (κ1) is 19.8. The van der Waals surface area contributed by atoms with Crippen molar-refractivity contribution in [2.24, 2.45) is 0 Å². The summed E-state index contributed by atoms with van der Waals surface area (Å²) in [5.41, 5.74) is 7.78. The van der Waals surface area contributed by atoms with Crippen molar-refractivity contribution in [1.29, 1.82) is 0 Å². The van der Waals surface area contributed by atoms with Crippen LogP contribution in [0.3, 0.4) is 0 Å². The number of anilines is 2. The number of benzene rings is 2. The minimum absolute atomic E-state index is 0.0297. The smallest absolute Gasteiger partial charge is 0.229 e. The van der Waals surface area contributed by atoms with Crippen LogP contribution in [0.5, 0.6) is 0 Å². The highest BCUT2D eigenvalue weighted by atomic mass is 32.2. The Kier molecular flexibility index (Phi) is 5.08. The number of aromatic nitrogens is 5. The molecule has 0 aliphatic heterocycles. The molecule has 2 aromatic carbocycles. The van der Waals surface area contributed by atoms with Gasteiger partial charge in [0.1, 0.15) is 0 Å². The van der Waals surface area contributed by atoms with E-state index in [9.17, 15) is 8.42 Å². The molecule has 0 spiro atoms. The first-order valence-corrected chi connectivity index (χ1v) is 10.9. The second-order valence-electron chi connectivity index (χ2n) is 7.02. The van der Waals surface area contributed by atoms with Gasteiger partial charge in [0.05, 0.1) is 23.3 Å². The lowest BCUT2D eigenvalue weighted by Crippen LogP contribution is -2.19. The van der Waals surface area contributed by atoms with Crippen LogP contribution >= 0.6 is 0 Å². The van der Waals surface area contributed by atoms with E-state index in [-0.39, 0.29) is 23.4 Å². The van der Waals surface area contributed by atoms with Crippen LogP contribution < -0.4 is 10.6 Å². The Labute approximate surface area is 174 Å². The fraction of sp³-hybridized carbons (Fsp3) is 0.200. The van der Waals surface area contributed by atoms with E-state index in [4.69, 9.17) is 5.73 Å². The van der Waals surface area contributed by atoms with Gasteiger partial charge in [0.25, 0.3) is 0 Å².